The van der Waals surface area contributed by atoms with Crippen LogP contribution in [-0.4, -0.2) is 33.6 Å². The van der Waals surface area contributed by atoms with Crippen LogP contribution in [0.25, 0.3) is 11.0 Å². The minimum absolute atomic E-state index is 0.0306. The SMILES string of the molecule is CCC(C(=O)NCCc1ccccc1)N(Cc1ccc(Cl)cc1)n1nnc2ccccc21. The standard InChI is InChI=1S/C25H26ClN5O/c1-2-23(25(32)27-17-16-19-8-4-3-5-9-19)30(18-20-12-14-21(26)15-13-20)31-24-11-7-6-10-22(24)28-29-31/h3-15,23H,2,16-18H2,1H3,(H,27,32). The third kappa shape index (κ3) is 5.08. The van der Waals surface area contributed by atoms with Gasteiger partial charge in [0.25, 0.3) is 0 Å². The van der Waals surface area contributed by atoms with Crippen molar-refractivity contribution in [3.8, 4) is 0 Å². The number of rotatable bonds is 9. The average molecular weight is 448 g/mol. The number of amides is 1. The van der Waals surface area contributed by atoms with Crippen LogP contribution in [0, 0.1) is 0 Å². The van der Waals surface area contributed by atoms with Crippen LogP contribution in [0.5, 0.6) is 0 Å². The molecule has 0 spiro atoms. The fraction of sp³-hybridized carbons (Fsp3) is 0.240. The summed E-state index contributed by atoms with van der Waals surface area (Å²) in [5.41, 5.74) is 3.87. The summed E-state index contributed by atoms with van der Waals surface area (Å²) >= 11 is 6.07. The summed E-state index contributed by atoms with van der Waals surface area (Å²) in [6, 6.07) is 25.1. The van der Waals surface area contributed by atoms with Crippen molar-refractivity contribution in [1.82, 2.24) is 20.4 Å². The van der Waals surface area contributed by atoms with E-state index in [2.05, 4.69) is 27.8 Å². The highest BCUT2D eigenvalue weighted by Crippen LogP contribution is 2.17. The second-order valence-corrected chi connectivity index (χ2v) is 8.08. The van der Waals surface area contributed by atoms with E-state index in [1.807, 2.05) is 78.7 Å². The van der Waals surface area contributed by atoms with Crippen molar-refractivity contribution in [3.63, 3.8) is 0 Å². The second kappa shape index (κ2) is 10.3. The molecule has 32 heavy (non-hydrogen) atoms. The maximum atomic E-state index is 13.2. The molecule has 6 nitrogen and oxygen atoms in total. The van der Waals surface area contributed by atoms with E-state index in [4.69, 9.17) is 11.6 Å². The number of carbonyl (C=O) groups excluding carboxylic acids is 1. The second-order valence-electron chi connectivity index (χ2n) is 7.64. The number of nitrogens with one attached hydrogen (secondary N) is 1. The van der Waals surface area contributed by atoms with Crippen LogP contribution < -0.4 is 10.3 Å². The predicted molar refractivity (Wildman–Crippen MR) is 128 cm³/mol. The van der Waals surface area contributed by atoms with E-state index in [9.17, 15) is 4.79 Å². The van der Waals surface area contributed by atoms with Crippen LogP contribution in [0.15, 0.2) is 78.9 Å². The van der Waals surface area contributed by atoms with Crippen LogP contribution in [0.3, 0.4) is 0 Å². The van der Waals surface area contributed by atoms with E-state index in [-0.39, 0.29) is 5.91 Å². The number of nitrogens with zero attached hydrogens (tertiary/aromatic N) is 4. The average Bonchev–Trinajstić information content (AvgIpc) is 3.25. The molecule has 1 N–H and O–H groups in total. The van der Waals surface area contributed by atoms with E-state index < -0.39 is 6.04 Å². The molecule has 4 aromatic rings. The molecular weight excluding hydrogens is 422 g/mol. The van der Waals surface area contributed by atoms with Crippen molar-refractivity contribution in [2.24, 2.45) is 0 Å². The van der Waals surface area contributed by atoms with E-state index in [0.717, 1.165) is 23.0 Å². The number of benzene rings is 3. The number of hydrogen-bond acceptors (Lipinski definition) is 4. The Morgan fingerprint density at radius 3 is 2.47 bits per heavy atom. The van der Waals surface area contributed by atoms with Crippen molar-refractivity contribution in [1.29, 1.82) is 0 Å². The van der Waals surface area contributed by atoms with Gasteiger partial charge in [-0.25, -0.2) is 0 Å². The Bertz CT molecular complexity index is 1160. The first-order valence-corrected chi connectivity index (χ1v) is 11.2. The summed E-state index contributed by atoms with van der Waals surface area (Å²) < 4.78 is 0. The zero-order chi connectivity index (χ0) is 22.3. The highest BCUT2D eigenvalue weighted by Gasteiger charge is 2.27. The molecular formula is C25H26ClN5O. The molecule has 3 aromatic carbocycles. The van der Waals surface area contributed by atoms with Gasteiger partial charge in [0, 0.05) is 11.6 Å². The fourth-order valence-electron chi connectivity index (χ4n) is 3.76. The number of aromatic nitrogens is 3. The van der Waals surface area contributed by atoms with Crippen molar-refractivity contribution in [2.45, 2.75) is 32.4 Å². The maximum absolute atomic E-state index is 13.2. The molecule has 0 fully saturated rings. The van der Waals surface area contributed by atoms with Gasteiger partial charge in [0.2, 0.25) is 5.91 Å². The van der Waals surface area contributed by atoms with Gasteiger partial charge in [0.1, 0.15) is 17.1 Å². The quantitative estimate of drug-likeness (QED) is 0.414. The predicted octanol–water partition coefficient (Wildman–Crippen LogP) is 4.36. The summed E-state index contributed by atoms with van der Waals surface area (Å²) in [6.45, 7) is 3.08. The molecule has 7 heteroatoms. The third-order valence-corrected chi connectivity index (χ3v) is 5.69. The van der Waals surface area contributed by atoms with Gasteiger partial charge in [0.05, 0.1) is 6.54 Å². The molecule has 1 atom stereocenters. The van der Waals surface area contributed by atoms with Gasteiger partial charge in [-0.05, 0) is 53.4 Å². The lowest BCUT2D eigenvalue weighted by Gasteiger charge is -2.32. The first kappa shape index (κ1) is 21.8. The van der Waals surface area contributed by atoms with Gasteiger partial charge in [-0.3, -0.25) is 9.80 Å². The number of para-hydroxylation sites is 1. The molecule has 0 saturated carbocycles. The molecule has 1 amide bonds. The minimum atomic E-state index is -0.411. The lowest BCUT2D eigenvalue weighted by molar-refractivity contribution is -0.122. The van der Waals surface area contributed by atoms with E-state index in [0.29, 0.717) is 24.5 Å². The highest BCUT2D eigenvalue weighted by molar-refractivity contribution is 6.30. The van der Waals surface area contributed by atoms with Gasteiger partial charge in [0.15, 0.2) is 0 Å². The molecule has 0 saturated heterocycles. The summed E-state index contributed by atoms with van der Waals surface area (Å²) in [4.78, 5) is 15.0. The van der Waals surface area contributed by atoms with Crippen molar-refractivity contribution in [2.75, 3.05) is 11.6 Å². The smallest absolute Gasteiger partial charge is 0.244 e. The molecule has 0 bridgehead atoms. The number of halogens is 1. The monoisotopic (exact) mass is 447 g/mol. The zero-order valence-electron chi connectivity index (χ0n) is 18.0. The van der Waals surface area contributed by atoms with Crippen molar-refractivity contribution >= 4 is 28.5 Å². The van der Waals surface area contributed by atoms with Crippen molar-refractivity contribution < 1.29 is 4.79 Å². The summed E-state index contributed by atoms with van der Waals surface area (Å²) in [7, 11) is 0. The Labute approximate surface area is 192 Å². The van der Waals surface area contributed by atoms with Crippen LogP contribution in [0.2, 0.25) is 5.02 Å². The molecule has 1 aromatic heterocycles. The van der Waals surface area contributed by atoms with Crippen LogP contribution >= 0.6 is 11.6 Å². The summed E-state index contributed by atoms with van der Waals surface area (Å²) in [5.74, 6) is -0.0306. The molecule has 0 radical (unpaired) electrons. The van der Waals surface area contributed by atoms with Crippen LogP contribution in [0.1, 0.15) is 24.5 Å². The molecule has 4 rings (SSSR count). The van der Waals surface area contributed by atoms with E-state index in [1.54, 1.807) is 4.79 Å². The van der Waals surface area contributed by atoms with Gasteiger partial charge >= 0.3 is 0 Å². The Morgan fingerprint density at radius 1 is 1.00 bits per heavy atom. The largest absolute Gasteiger partial charge is 0.354 e. The normalized spacial score (nSPS) is 11.9. The molecule has 0 aliphatic heterocycles. The Hall–Kier alpha value is -3.38. The van der Waals surface area contributed by atoms with E-state index >= 15 is 0 Å². The van der Waals surface area contributed by atoms with Gasteiger partial charge < -0.3 is 5.32 Å². The summed E-state index contributed by atoms with van der Waals surface area (Å²) in [6.07, 6.45) is 1.41. The first-order valence-electron chi connectivity index (χ1n) is 10.8. The molecule has 1 heterocycles. The molecule has 164 valence electrons. The maximum Gasteiger partial charge on any atom is 0.244 e. The molecule has 1 unspecified atom stereocenters. The van der Waals surface area contributed by atoms with Crippen LogP contribution in [0.4, 0.5) is 0 Å². The third-order valence-electron chi connectivity index (χ3n) is 5.44. The molecule has 0 aliphatic carbocycles. The number of carbonyl (C=O) groups is 1. The lowest BCUT2D eigenvalue weighted by atomic mass is 10.1. The van der Waals surface area contributed by atoms with Gasteiger partial charge in [-0.2, -0.15) is 4.79 Å². The molecule has 0 aliphatic rings. The zero-order valence-corrected chi connectivity index (χ0v) is 18.7. The Morgan fingerprint density at radius 2 is 1.72 bits per heavy atom. The first-order chi connectivity index (χ1) is 15.7. The van der Waals surface area contributed by atoms with Gasteiger partial charge in [-0.1, -0.05) is 73.1 Å². The fourth-order valence-corrected chi connectivity index (χ4v) is 3.88. The van der Waals surface area contributed by atoms with Crippen LogP contribution in [-0.2, 0) is 17.8 Å². The van der Waals surface area contributed by atoms with Gasteiger partial charge in [-0.15, -0.1) is 5.10 Å². The minimum Gasteiger partial charge on any atom is -0.354 e. The Balaban J connectivity index is 1.58. The highest BCUT2D eigenvalue weighted by atomic mass is 35.5. The lowest BCUT2D eigenvalue weighted by Crippen LogP contribution is -2.52. The summed E-state index contributed by atoms with van der Waals surface area (Å²) in [5, 5.41) is 14.4. The topological polar surface area (TPSA) is 63.1 Å². The Kier molecular flexibility index (Phi) is 7.02. The number of fused-ring (bicyclic) bond motifs is 1. The van der Waals surface area contributed by atoms with Crippen molar-refractivity contribution in [3.05, 3.63) is 95.0 Å². The van der Waals surface area contributed by atoms with E-state index in [1.165, 1.54) is 5.56 Å². The number of hydrogen-bond donors (Lipinski definition) is 1.